The molecule has 4 aromatic rings. The lowest BCUT2D eigenvalue weighted by atomic mass is 10.0. The first-order valence-electron chi connectivity index (χ1n) is 12.1. The second-order valence-corrected chi connectivity index (χ2v) is 9.43. The van der Waals surface area contributed by atoms with Crippen LogP contribution in [0.15, 0.2) is 108 Å². The minimum absolute atomic E-state index is 0.282. The highest BCUT2D eigenvalue weighted by atomic mass is 79.9. The molecule has 6 nitrogen and oxygen atoms in total. The fourth-order valence-electron chi connectivity index (χ4n) is 3.75. The number of carbonyl (C=O) groups is 2. The standard InChI is InChI=1S/C31H28BrNO5/c1-36-31(35)29(19-22-11-15-26(16-12-22)37-20-23-7-3-2-4-8-23)33-30(34)24-13-17-27(18-14-24)38-21-25-9-5-6-10-28(25)32/h2-18,29H,19-21H2,1H3,(H,33,34)/t29-/m0/s1. The smallest absolute Gasteiger partial charge is 0.328 e. The zero-order valence-electron chi connectivity index (χ0n) is 20.9. The summed E-state index contributed by atoms with van der Waals surface area (Å²) in [6.45, 7) is 0.863. The van der Waals surface area contributed by atoms with Crippen molar-refractivity contribution in [3.63, 3.8) is 0 Å². The van der Waals surface area contributed by atoms with E-state index in [1.807, 2.05) is 78.9 Å². The van der Waals surface area contributed by atoms with Gasteiger partial charge in [-0.25, -0.2) is 4.79 Å². The highest BCUT2D eigenvalue weighted by molar-refractivity contribution is 9.10. The molecule has 0 heterocycles. The third kappa shape index (κ3) is 7.70. The van der Waals surface area contributed by atoms with Crippen LogP contribution in [0.2, 0.25) is 0 Å². The molecule has 4 aromatic carbocycles. The highest BCUT2D eigenvalue weighted by Gasteiger charge is 2.23. The Kier molecular flexibility index (Phi) is 9.54. The normalized spacial score (nSPS) is 11.3. The predicted molar refractivity (Wildman–Crippen MR) is 149 cm³/mol. The molecule has 1 N–H and O–H groups in total. The lowest BCUT2D eigenvalue weighted by molar-refractivity contribution is -0.142. The molecule has 0 saturated heterocycles. The fourth-order valence-corrected chi connectivity index (χ4v) is 4.15. The molecule has 0 bridgehead atoms. The van der Waals surface area contributed by atoms with Crippen molar-refractivity contribution in [3.8, 4) is 11.5 Å². The van der Waals surface area contributed by atoms with Crippen molar-refractivity contribution >= 4 is 27.8 Å². The van der Waals surface area contributed by atoms with Gasteiger partial charge in [-0.15, -0.1) is 0 Å². The molecule has 1 atom stereocenters. The zero-order chi connectivity index (χ0) is 26.7. The molecule has 0 radical (unpaired) electrons. The van der Waals surface area contributed by atoms with Crippen LogP contribution in [0.4, 0.5) is 0 Å². The second-order valence-electron chi connectivity index (χ2n) is 8.58. The Bertz CT molecular complexity index is 1340. The van der Waals surface area contributed by atoms with E-state index in [0.717, 1.165) is 26.9 Å². The van der Waals surface area contributed by atoms with E-state index < -0.39 is 12.0 Å². The van der Waals surface area contributed by atoms with Gasteiger partial charge in [-0.1, -0.05) is 76.6 Å². The average Bonchev–Trinajstić information content (AvgIpc) is 2.96. The third-order valence-electron chi connectivity index (χ3n) is 5.87. The minimum atomic E-state index is -0.838. The molecular formula is C31H28BrNO5. The van der Waals surface area contributed by atoms with Gasteiger partial charge in [-0.2, -0.15) is 0 Å². The lowest BCUT2D eigenvalue weighted by Gasteiger charge is -2.17. The van der Waals surface area contributed by atoms with Gasteiger partial charge in [0.1, 0.15) is 30.8 Å². The first kappa shape index (κ1) is 26.9. The highest BCUT2D eigenvalue weighted by Crippen LogP contribution is 2.20. The number of esters is 1. The number of benzene rings is 4. The van der Waals surface area contributed by atoms with Crippen LogP contribution in [0.5, 0.6) is 11.5 Å². The van der Waals surface area contributed by atoms with Gasteiger partial charge in [0.2, 0.25) is 0 Å². The largest absolute Gasteiger partial charge is 0.489 e. The zero-order valence-corrected chi connectivity index (χ0v) is 22.5. The first-order chi connectivity index (χ1) is 18.5. The van der Waals surface area contributed by atoms with E-state index in [-0.39, 0.29) is 12.3 Å². The predicted octanol–water partition coefficient (Wildman–Crippen LogP) is 6.12. The van der Waals surface area contributed by atoms with E-state index in [1.165, 1.54) is 7.11 Å². The second kappa shape index (κ2) is 13.4. The van der Waals surface area contributed by atoms with E-state index in [9.17, 15) is 9.59 Å². The summed E-state index contributed by atoms with van der Waals surface area (Å²) in [7, 11) is 1.30. The van der Waals surface area contributed by atoms with Gasteiger partial charge in [-0.05, 0) is 53.6 Å². The summed E-state index contributed by atoms with van der Waals surface area (Å²) >= 11 is 3.51. The number of hydrogen-bond acceptors (Lipinski definition) is 5. The van der Waals surface area contributed by atoms with Crippen LogP contribution in [0, 0.1) is 0 Å². The van der Waals surface area contributed by atoms with E-state index in [2.05, 4.69) is 21.2 Å². The summed E-state index contributed by atoms with van der Waals surface area (Å²) < 4.78 is 17.6. The summed E-state index contributed by atoms with van der Waals surface area (Å²) in [5.74, 6) is 0.464. The van der Waals surface area contributed by atoms with Gasteiger partial charge in [0.15, 0.2) is 0 Å². The van der Waals surface area contributed by atoms with Crippen molar-refractivity contribution in [2.75, 3.05) is 7.11 Å². The summed E-state index contributed by atoms with van der Waals surface area (Å²) in [5, 5.41) is 2.79. The number of carbonyl (C=O) groups excluding carboxylic acids is 2. The molecule has 38 heavy (non-hydrogen) atoms. The molecular weight excluding hydrogens is 546 g/mol. The van der Waals surface area contributed by atoms with Gasteiger partial charge in [0, 0.05) is 22.0 Å². The number of methoxy groups -OCH3 is 1. The van der Waals surface area contributed by atoms with E-state index in [4.69, 9.17) is 14.2 Å². The molecule has 194 valence electrons. The molecule has 4 rings (SSSR count). The molecule has 0 aliphatic carbocycles. The minimum Gasteiger partial charge on any atom is -0.489 e. The molecule has 0 saturated carbocycles. The number of hydrogen-bond donors (Lipinski definition) is 1. The summed E-state index contributed by atoms with van der Waals surface area (Å²) in [5.41, 5.74) is 3.38. The molecule has 0 aromatic heterocycles. The van der Waals surface area contributed by atoms with E-state index in [0.29, 0.717) is 24.5 Å². The van der Waals surface area contributed by atoms with Crippen molar-refractivity contribution in [3.05, 3.63) is 130 Å². The van der Waals surface area contributed by atoms with Gasteiger partial charge < -0.3 is 19.5 Å². The number of rotatable bonds is 11. The van der Waals surface area contributed by atoms with Crippen molar-refractivity contribution in [1.82, 2.24) is 5.32 Å². The monoisotopic (exact) mass is 573 g/mol. The van der Waals surface area contributed by atoms with Gasteiger partial charge in [0.25, 0.3) is 5.91 Å². The molecule has 0 aliphatic rings. The van der Waals surface area contributed by atoms with E-state index >= 15 is 0 Å². The van der Waals surface area contributed by atoms with Gasteiger partial charge in [-0.3, -0.25) is 4.79 Å². The van der Waals surface area contributed by atoms with Crippen LogP contribution < -0.4 is 14.8 Å². The first-order valence-corrected chi connectivity index (χ1v) is 12.9. The Morgan fingerprint density at radius 3 is 2.00 bits per heavy atom. The van der Waals surface area contributed by atoms with Crippen LogP contribution >= 0.6 is 15.9 Å². The van der Waals surface area contributed by atoms with Gasteiger partial charge in [0.05, 0.1) is 7.11 Å². The quantitative estimate of drug-likeness (QED) is 0.219. The maximum Gasteiger partial charge on any atom is 0.328 e. The Morgan fingerprint density at radius 2 is 1.34 bits per heavy atom. The number of nitrogens with one attached hydrogen (secondary N) is 1. The molecule has 0 fully saturated rings. The number of ether oxygens (including phenoxy) is 3. The maximum absolute atomic E-state index is 12.9. The van der Waals surface area contributed by atoms with Crippen molar-refractivity contribution in [2.24, 2.45) is 0 Å². The summed E-state index contributed by atoms with van der Waals surface area (Å²) in [6, 6.07) is 31.1. The van der Waals surface area contributed by atoms with Crippen LogP contribution in [-0.4, -0.2) is 25.0 Å². The Labute approximate surface area is 230 Å². The third-order valence-corrected chi connectivity index (χ3v) is 6.64. The van der Waals surface area contributed by atoms with Crippen molar-refractivity contribution < 1.29 is 23.8 Å². The molecule has 0 spiro atoms. The van der Waals surface area contributed by atoms with Crippen LogP contribution in [-0.2, 0) is 29.2 Å². The Balaban J connectivity index is 1.33. The topological polar surface area (TPSA) is 73.9 Å². The van der Waals surface area contributed by atoms with Crippen molar-refractivity contribution in [2.45, 2.75) is 25.7 Å². The maximum atomic E-state index is 12.9. The lowest BCUT2D eigenvalue weighted by Crippen LogP contribution is -2.43. The molecule has 1 amide bonds. The molecule has 0 unspecified atom stereocenters. The van der Waals surface area contributed by atoms with Crippen LogP contribution in [0.3, 0.4) is 0 Å². The van der Waals surface area contributed by atoms with Crippen LogP contribution in [0.1, 0.15) is 27.0 Å². The fraction of sp³-hybridized carbons (Fsp3) is 0.161. The average molecular weight is 574 g/mol. The van der Waals surface area contributed by atoms with Crippen molar-refractivity contribution in [1.29, 1.82) is 0 Å². The van der Waals surface area contributed by atoms with Gasteiger partial charge >= 0.3 is 5.97 Å². The molecule has 7 heteroatoms. The van der Waals surface area contributed by atoms with Crippen LogP contribution in [0.25, 0.3) is 0 Å². The summed E-state index contributed by atoms with van der Waals surface area (Å²) in [4.78, 5) is 25.3. The Hall–Kier alpha value is -4.10. The number of halogens is 1. The molecule has 0 aliphatic heterocycles. The van der Waals surface area contributed by atoms with E-state index in [1.54, 1.807) is 24.3 Å². The Morgan fingerprint density at radius 1 is 0.737 bits per heavy atom. The summed E-state index contributed by atoms with van der Waals surface area (Å²) in [6.07, 6.45) is 0.282. The SMILES string of the molecule is COC(=O)[C@H](Cc1ccc(OCc2ccccc2)cc1)NC(=O)c1ccc(OCc2ccccc2Br)cc1. The number of amides is 1.